The predicted octanol–water partition coefficient (Wildman–Crippen LogP) is 2.86. The Hall–Kier alpha value is -1.35. The highest BCUT2D eigenvalue weighted by molar-refractivity contribution is 5.83. The summed E-state index contributed by atoms with van der Waals surface area (Å²) in [5, 5.41) is 0. The van der Waals surface area contributed by atoms with Gasteiger partial charge < -0.3 is 10.6 Å². The number of carbonyl (C=O) groups is 1. The summed E-state index contributed by atoms with van der Waals surface area (Å²) >= 11 is 0. The maximum atomic E-state index is 12.8. The number of aryl methyl sites for hydroxylation is 1. The fourth-order valence-electron chi connectivity index (χ4n) is 2.49. The zero-order chi connectivity index (χ0) is 14.8. The molecule has 2 rings (SSSR count). The SMILES string of the molecule is CCC(C)(CN)C(=O)N(Cc1cccc(C)c1)C1CC1. The van der Waals surface area contributed by atoms with Gasteiger partial charge in [-0.2, -0.15) is 0 Å². The maximum Gasteiger partial charge on any atom is 0.230 e. The molecule has 3 nitrogen and oxygen atoms in total. The summed E-state index contributed by atoms with van der Waals surface area (Å²) in [6, 6.07) is 8.82. The molecule has 1 amide bonds. The van der Waals surface area contributed by atoms with Crippen molar-refractivity contribution in [2.45, 2.75) is 52.6 Å². The monoisotopic (exact) mass is 274 g/mol. The quantitative estimate of drug-likeness (QED) is 0.867. The lowest BCUT2D eigenvalue weighted by Gasteiger charge is -2.33. The minimum absolute atomic E-state index is 0.214. The fourth-order valence-corrected chi connectivity index (χ4v) is 2.49. The second-order valence-corrected chi connectivity index (χ2v) is 6.27. The second kappa shape index (κ2) is 5.96. The summed E-state index contributed by atoms with van der Waals surface area (Å²) in [4.78, 5) is 14.9. The molecule has 1 aliphatic carbocycles. The average Bonchev–Trinajstić information content (AvgIpc) is 3.28. The first kappa shape index (κ1) is 15.0. The van der Waals surface area contributed by atoms with E-state index < -0.39 is 5.41 Å². The molecule has 110 valence electrons. The molecule has 1 fully saturated rings. The highest BCUT2D eigenvalue weighted by Crippen LogP contribution is 2.33. The van der Waals surface area contributed by atoms with Crippen LogP contribution in [0.2, 0.25) is 0 Å². The standard InChI is InChI=1S/C17H26N2O/c1-4-17(3,12-18)16(20)19(15-8-9-15)11-14-7-5-6-13(2)10-14/h5-7,10,15H,4,8-9,11-12,18H2,1-3H3. The van der Waals surface area contributed by atoms with E-state index in [1.807, 2.05) is 18.7 Å². The zero-order valence-electron chi connectivity index (χ0n) is 12.9. The van der Waals surface area contributed by atoms with Gasteiger partial charge in [0.2, 0.25) is 5.91 Å². The smallest absolute Gasteiger partial charge is 0.230 e. The van der Waals surface area contributed by atoms with Crippen LogP contribution in [0.4, 0.5) is 0 Å². The van der Waals surface area contributed by atoms with Crippen molar-refractivity contribution in [1.82, 2.24) is 4.90 Å². The maximum absolute atomic E-state index is 12.8. The molecule has 1 aromatic carbocycles. The third-order valence-electron chi connectivity index (χ3n) is 4.43. The van der Waals surface area contributed by atoms with Crippen LogP contribution in [0.1, 0.15) is 44.2 Å². The first-order valence-corrected chi connectivity index (χ1v) is 7.57. The average molecular weight is 274 g/mol. The Labute approximate surface area is 122 Å². The third kappa shape index (κ3) is 3.21. The minimum Gasteiger partial charge on any atom is -0.335 e. The number of hydrogen-bond acceptors (Lipinski definition) is 2. The van der Waals surface area contributed by atoms with Crippen molar-refractivity contribution in [1.29, 1.82) is 0 Å². The van der Waals surface area contributed by atoms with Gasteiger partial charge in [-0.15, -0.1) is 0 Å². The van der Waals surface area contributed by atoms with E-state index in [4.69, 9.17) is 5.73 Å². The van der Waals surface area contributed by atoms with E-state index in [2.05, 4.69) is 31.2 Å². The minimum atomic E-state index is -0.424. The Morgan fingerprint density at radius 2 is 2.15 bits per heavy atom. The third-order valence-corrected chi connectivity index (χ3v) is 4.43. The summed E-state index contributed by atoms with van der Waals surface area (Å²) in [6.45, 7) is 7.24. The number of amides is 1. The normalized spacial score (nSPS) is 17.6. The fraction of sp³-hybridized carbons (Fsp3) is 0.588. The molecule has 20 heavy (non-hydrogen) atoms. The van der Waals surface area contributed by atoms with Crippen molar-refractivity contribution < 1.29 is 4.79 Å². The highest BCUT2D eigenvalue weighted by atomic mass is 16.2. The van der Waals surface area contributed by atoms with Gasteiger partial charge in [0.25, 0.3) is 0 Å². The summed E-state index contributed by atoms with van der Waals surface area (Å²) in [5.41, 5.74) is 7.87. The van der Waals surface area contributed by atoms with E-state index in [1.54, 1.807) is 0 Å². The van der Waals surface area contributed by atoms with Crippen LogP contribution in [0.25, 0.3) is 0 Å². The van der Waals surface area contributed by atoms with Crippen LogP contribution in [0.3, 0.4) is 0 Å². The Balaban J connectivity index is 2.17. The molecule has 0 aromatic heterocycles. The van der Waals surface area contributed by atoms with Crippen molar-refractivity contribution in [3.05, 3.63) is 35.4 Å². The van der Waals surface area contributed by atoms with E-state index in [0.29, 0.717) is 19.1 Å². The molecule has 0 spiro atoms. The molecule has 2 N–H and O–H groups in total. The molecule has 0 heterocycles. The Bertz CT molecular complexity index is 476. The summed E-state index contributed by atoms with van der Waals surface area (Å²) in [7, 11) is 0. The molecule has 1 aromatic rings. The van der Waals surface area contributed by atoms with E-state index in [0.717, 1.165) is 19.3 Å². The number of benzene rings is 1. The molecule has 0 bridgehead atoms. The summed E-state index contributed by atoms with van der Waals surface area (Å²) in [6.07, 6.45) is 3.04. The molecule has 0 saturated heterocycles. The number of rotatable bonds is 6. The number of hydrogen-bond donors (Lipinski definition) is 1. The van der Waals surface area contributed by atoms with Crippen LogP contribution in [0.15, 0.2) is 24.3 Å². The zero-order valence-corrected chi connectivity index (χ0v) is 12.9. The predicted molar refractivity (Wildman–Crippen MR) is 82.2 cm³/mol. The van der Waals surface area contributed by atoms with Crippen molar-refractivity contribution in [2.24, 2.45) is 11.1 Å². The lowest BCUT2D eigenvalue weighted by Crippen LogP contribution is -2.46. The lowest BCUT2D eigenvalue weighted by atomic mass is 9.85. The lowest BCUT2D eigenvalue weighted by molar-refractivity contribution is -0.142. The number of nitrogens with zero attached hydrogens (tertiary/aromatic N) is 1. The highest BCUT2D eigenvalue weighted by Gasteiger charge is 2.40. The molecule has 3 heteroatoms. The van der Waals surface area contributed by atoms with Gasteiger partial charge in [-0.25, -0.2) is 0 Å². The van der Waals surface area contributed by atoms with Crippen molar-refractivity contribution >= 4 is 5.91 Å². The summed E-state index contributed by atoms with van der Waals surface area (Å²) in [5.74, 6) is 0.214. The Kier molecular flexibility index (Phi) is 4.48. The van der Waals surface area contributed by atoms with E-state index in [1.165, 1.54) is 11.1 Å². The topological polar surface area (TPSA) is 46.3 Å². The Morgan fingerprint density at radius 3 is 2.65 bits per heavy atom. The number of carbonyl (C=O) groups excluding carboxylic acids is 1. The van der Waals surface area contributed by atoms with Crippen LogP contribution >= 0.6 is 0 Å². The van der Waals surface area contributed by atoms with Gasteiger partial charge in [0, 0.05) is 19.1 Å². The van der Waals surface area contributed by atoms with Crippen LogP contribution in [-0.4, -0.2) is 23.4 Å². The van der Waals surface area contributed by atoms with Gasteiger partial charge >= 0.3 is 0 Å². The van der Waals surface area contributed by atoms with Crippen molar-refractivity contribution in [3.8, 4) is 0 Å². The van der Waals surface area contributed by atoms with Gasteiger partial charge in [-0.05, 0) is 38.7 Å². The van der Waals surface area contributed by atoms with Crippen LogP contribution in [-0.2, 0) is 11.3 Å². The van der Waals surface area contributed by atoms with E-state index in [9.17, 15) is 4.79 Å². The molecular weight excluding hydrogens is 248 g/mol. The molecular formula is C17H26N2O. The van der Waals surface area contributed by atoms with E-state index in [-0.39, 0.29) is 5.91 Å². The van der Waals surface area contributed by atoms with Gasteiger partial charge in [0.15, 0.2) is 0 Å². The largest absolute Gasteiger partial charge is 0.335 e. The van der Waals surface area contributed by atoms with Gasteiger partial charge in [0.05, 0.1) is 5.41 Å². The van der Waals surface area contributed by atoms with Crippen LogP contribution in [0, 0.1) is 12.3 Å². The molecule has 1 aliphatic rings. The van der Waals surface area contributed by atoms with Gasteiger partial charge in [0.1, 0.15) is 0 Å². The van der Waals surface area contributed by atoms with Crippen molar-refractivity contribution in [3.63, 3.8) is 0 Å². The number of nitrogens with two attached hydrogens (primary N) is 1. The summed E-state index contributed by atoms with van der Waals surface area (Å²) < 4.78 is 0. The molecule has 0 aliphatic heterocycles. The first-order chi connectivity index (χ1) is 9.50. The van der Waals surface area contributed by atoms with Crippen LogP contribution in [0.5, 0.6) is 0 Å². The van der Waals surface area contributed by atoms with Crippen LogP contribution < -0.4 is 5.73 Å². The Morgan fingerprint density at radius 1 is 1.45 bits per heavy atom. The molecule has 0 radical (unpaired) electrons. The van der Waals surface area contributed by atoms with Gasteiger partial charge in [-0.1, -0.05) is 36.8 Å². The van der Waals surface area contributed by atoms with Crippen molar-refractivity contribution in [2.75, 3.05) is 6.54 Å². The molecule has 1 unspecified atom stereocenters. The molecule has 1 atom stereocenters. The second-order valence-electron chi connectivity index (χ2n) is 6.27. The van der Waals surface area contributed by atoms with E-state index >= 15 is 0 Å². The molecule has 1 saturated carbocycles. The first-order valence-electron chi connectivity index (χ1n) is 7.57. The van der Waals surface area contributed by atoms with Gasteiger partial charge in [-0.3, -0.25) is 4.79 Å².